The van der Waals surface area contributed by atoms with Gasteiger partial charge in [0.15, 0.2) is 0 Å². The molecule has 2 unspecified atom stereocenters. The second kappa shape index (κ2) is 5.28. The monoisotopic (exact) mass is 239 g/mol. The normalized spacial score (nSPS) is 21.3. The van der Waals surface area contributed by atoms with Crippen molar-refractivity contribution in [1.29, 1.82) is 0 Å². The summed E-state index contributed by atoms with van der Waals surface area (Å²) in [4.78, 5) is 1.45. The smallest absolute Gasteiger partial charge is 0.0428 e. The SMILES string of the molecule is CSCC(C)NC1CSc2ccccc21. The van der Waals surface area contributed by atoms with E-state index in [0.717, 1.165) is 0 Å². The van der Waals surface area contributed by atoms with Crippen LogP contribution in [0.25, 0.3) is 0 Å². The Morgan fingerprint density at radius 3 is 3.13 bits per heavy atom. The van der Waals surface area contributed by atoms with Crippen LogP contribution in [0.1, 0.15) is 18.5 Å². The minimum absolute atomic E-state index is 0.549. The van der Waals surface area contributed by atoms with Gasteiger partial charge in [-0.15, -0.1) is 11.8 Å². The van der Waals surface area contributed by atoms with Crippen molar-refractivity contribution in [1.82, 2.24) is 5.32 Å². The van der Waals surface area contributed by atoms with E-state index < -0.39 is 0 Å². The van der Waals surface area contributed by atoms with Gasteiger partial charge in [-0.05, 0) is 24.8 Å². The summed E-state index contributed by atoms with van der Waals surface area (Å²) in [5, 5.41) is 3.69. The number of hydrogen-bond acceptors (Lipinski definition) is 3. The molecule has 0 bridgehead atoms. The zero-order chi connectivity index (χ0) is 10.7. The van der Waals surface area contributed by atoms with E-state index in [2.05, 4.69) is 42.8 Å². The van der Waals surface area contributed by atoms with Crippen LogP contribution in [-0.2, 0) is 0 Å². The highest BCUT2D eigenvalue weighted by atomic mass is 32.2. The van der Waals surface area contributed by atoms with Crippen molar-refractivity contribution in [3.63, 3.8) is 0 Å². The summed E-state index contributed by atoms with van der Waals surface area (Å²) in [6.07, 6.45) is 2.16. The summed E-state index contributed by atoms with van der Waals surface area (Å²) in [6, 6.07) is 9.88. The number of rotatable bonds is 4. The Morgan fingerprint density at radius 1 is 1.53 bits per heavy atom. The summed E-state index contributed by atoms with van der Waals surface area (Å²) in [6.45, 7) is 2.27. The fourth-order valence-electron chi connectivity index (χ4n) is 1.94. The van der Waals surface area contributed by atoms with E-state index in [1.165, 1.54) is 22.0 Å². The molecule has 0 spiro atoms. The molecule has 82 valence electrons. The number of thioether (sulfide) groups is 2. The largest absolute Gasteiger partial charge is 0.306 e. The molecule has 1 aliphatic rings. The van der Waals surface area contributed by atoms with Gasteiger partial charge in [-0.1, -0.05) is 18.2 Å². The summed E-state index contributed by atoms with van der Waals surface area (Å²) in [5.41, 5.74) is 1.48. The van der Waals surface area contributed by atoms with Crippen LogP contribution in [0.15, 0.2) is 29.2 Å². The standard InChI is InChI=1S/C12H17NS2/c1-9(7-14-2)13-11-8-15-12-6-4-3-5-10(11)12/h3-6,9,11,13H,7-8H2,1-2H3. The van der Waals surface area contributed by atoms with Crippen molar-refractivity contribution in [3.8, 4) is 0 Å². The van der Waals surface area contributed by atoms with Crippen LogP contribution in [0.2, 0.25) is 0 Å². The molecular formula is C12H17NS2. The van der Waals surface area contributed by atoms with E-state index in [9.17, 15) is 0 Å². The zero-order valence-corrected chi connectivity index (χ0v) is 10.8. The first-order valence-electron chi connectivity index (χ1n) is 5.28. The van der Waals surface area contributed by atoms with Crippen LogP contribution in [0.3, 0.4) is 0 Å². The number of nitrogens with one attached hydrogen (secondary N) is 1. The summed E-state index contributed by atoms with van der Waals surface area (Å²) < 4.78 is 0. The van der Waals surface area contributed by atoms with Gasteiger partial charge >= 0.3 is 0 Å². The van der Waals surface area contributed by atoms with Crippen molar-refractivity contribution in [2.24, 2.45) is 0 Å². The molecule has 0 fully saturated rings. The minimum Gasteiger partial charge on any atom is -0.306 e. The van der Waals surface area contributed by atoms with Crippen molar-refractivity contribution in [3.05, 3.63) is 29.8 Å². The number of hydrogen-bond donors (Lipinski definition) is 1. The molecule has 0 aliphatic carbocycles. The van der Waals surface area contributed by atoms with E-state index >= 15 is 0 Å². The molecule has 2 rings (SSSR count). The van der Waals surface area contributed by atoms with Gasteiger partial charge in [-0.3, -0.25) is 0 Å². The van der Waals surface area contributed by atoms with Crippen LogP contribution >= 0.6 is 23.5 Å². The van der Waals surface area contributed by atoms with Gasteiger partial charge in [0, 0.05) is 28.5 Å². The van der Waals surface area contributed by atoms with Gasteiger partial charge in [0.1, 0.15) is 0 Å². The third-order valence-corrected chi connectivity index (χ3v) is 4.62. The molecule has 1 nitrogen and oxygen atoms in total. The Labute approximate surface area is 100 Å². The molecular weight excluding hydrogens is 222 g/mol. The first kappa shape index (κ1) is 11.4. The fourth-order valence-corrected chi connectivity index (χ4v) is 3.71. The molecule has 1 aromatic rings. The molecule has 0 saturated carbocycles. The van der Waals surface area contributed by atoms with Gasteiger partial charge < -0.3 is 5.32 Å². The lowest BCUT2D eigenvalue weighted by molar-refractivity contribution is 0.518. The van der Waals surface area contributed by atoms with Gasteiger partial charge in [-0.2, -0.15) is 11.8 Å². The van der Waals surface area contributed by atoms with Crippen molar-refractivity contribution in [2.75, 3.05) is 17.8 Å². The molecule has 0 radical (unpaired) electrons. The van der Waals surface area contributed by atoms with Crippen molar-refractivity contribution in [2.45, 2.75) is 23.9 Å². The Morgan fingerprint density at radius 2 is 2.33 bits per heavy atom. The molecule has 3 heteroatoms. The average molecular weight is 239 g/mol. The maximum Gasteiger partial charge on any atom is 0.0428 e. The topological polar surface area (TPSA) is 12.0 Å². The predicted octanol–water partition coefficient (Wildman–Crippen LogP) is 3.17. The number of fused-ring (bicyclic) bond motifs is 1. The Kier molecular flexibility index (Phi) is 4.00. The molecule has 1 N–H and O–H groups in total. The lowest BCUT2D eigenvalue weighted by Gasteiger charge is -2.18. The van der Waals surface area contributed by atoms with Gasteiger partial charge in [0.25, 0.3) is 0 Å². The van der Waals surface area contributed by atoms with E-state index in [0.29, 0.717) is 12.1 Å². The van der Waals surface area contributed by atoms with Crippen molar-refractivity contribution >= 4 is 23.5 Å². The van der Waals surface area contributed by atoms with Crippen molar-refractivity contribution < 1.29 is 0 Å². The third-order valence-electron chi connectivity index (χ3n) is 2.60. The second-order valence-corrected chi connectivity index (χ2v) is 5.90. The quantitative estimate of drug-likeness (QED) is 0.867. The van der Waals surface area contributed by atoms with Crippen LogP contribution in [0.5, 0.6) is 0 Å². The highest BCUT2D eigenvalue weighted by Gasteiger charge is 2.23. The Balaban J connectivity index is 2.01. The Bertz CT molecular complexity index is 327. The molecule has 1 aromatic carbocycles. The first-order chi connectivity index (χ1) is 7.31. The molecule has 1 heterocycles. The maximum atomic E-state index is 3.69. The lowest BCUT2D eigenvalue weighted by atomic mass is 10.1. The van der Waals surface area contributed by atoms with Crippen LogP contribution in [0.4, 0.5) is 0 Å². The first-order valence-corrected chi connectivity index (χ1v) is 7.66. The molecule has 0 amide bonds. The predicted molar refractivity (Wildman–Crippen MR) is 70.9 cm³/mol. The van der Waals surface area contributed by atoms with Crippen LogP contribution in [-0.4, -0.2) is 23.8 Å². The summed E-state index contributed by atoms with van der Waals surface area (Å²) in [7, 11) is 0. The number of benzene rings is 1. The Hall–Kier alpha value is -0.120. The lowest BCUT2D eigenvalue weighted by Crippen LogP contribution is -2.32. The van der Waals surface area contributed by atoms with E-state index in [-0.39, 0.29) is 0 Å². The highest BCUT2D eigenvalue weighted by Crippen LogP contribution is 2.37. The summed E-state index contributed by atoms with van der Waals surface area (Å²) in [5.74, 6) is 2.36. The van der Waals surface area contributed by atoms with Gasteiger partial charge in [0.2, 0.25) is 0 Å². The van der Waals surface area contributed by atoms with E-state index in [4.69, 9.17) is 0 Å². The highest BCUT2D eigenvalue weighted by molar-refractivity contribution is 7.99. The third kappa shape index (κ3) is 2.71. The maximum absolute atomic E-state index is 3.69. The second-order valence-electron chi connectivity index (χ2n) is 3.92. The summed E-state index contributed by atoms with van der Waals surface area (Å²) >= 11 is 3.87. The van der Waals surface area contributed by atoms with Gasteiger partial charge in [0.05, 0.1) is 0 Å². The fraction of sp³-hybridized carbons (Fsp3) is 0.500. The molecule has 0 aromatic heterocycles. The average Bonchev–Trinajstić information content (AvgIpc) is 2.62. The van der Waals surface area contributed by atoms with Gasteiger partial charge in [-0.25, -0.2) is 0 Å². The zero-order valence-electron chi connectivity index (χ0n) is 9.19. The van der Waals surface area contributed by atoms with Crippen LogP contribution < -0.4 is 5.32 Å². The molecule has 1 aliphatic heterocycles. The molecule has 2 atom stereocenters. The molecule has 0 saturated heterocycles. The van der Waals surface area contributed by atoms with E-state index in [1.54, 1.807) is 0 Å². The van der Waals surface area contributed by atoms with Crippen LogP contribution in [0, 0.1) is 0 Å². The van der Waals surface area contributed by atoms with E-state index in [1.807, 2.05) is 23.5 Å². The minimum atomic E-state index is 0.549. The molecule has 15 heavy (non-hydrogen) atoms.